The molecule has 0 bridgehead atoms. The number of hydrogen-bond acceptors (Lipinski definition) is 4. The minimum atomic E-state index is 0.309. The lowest BCUT2D eigenvalue weighted by atomic mass is 10.1. The maximum atomic E-state index is 5.94. The van der Waals surface area contributed by atoms with Gasteiger partial charge < -0.3 is 10.1 Å². The Morgan fingerprint density at radius 2 is 2.17 bits per heavy atom. The summed E-state index contributed by atoms with van der Waals surface area (Å²) in [6.45, 7) is 4.71. The zero-order valence-electron chi connectivity index (χ0n) is 13.2. The Morgan fingerprint density at radius 3 is 2.91 bits per heavy atom. The minimum absolute atomic E-state index is 0.309. The van der Waals surface area contributed by atoms with Gasteiger partial charge in [0.1, 0.15) is 24.5 Å². The fraction of sp³-hybridized carbons (Fsp3) is 0.278. The molecule has 0 aliphatic heterocycles. The van der Waals surface area contributed by atoms with E-state index in [1.165, 1.54) is 0 Å². The topological polar surface area (TPSA) is 47.0 Å². The van der Waals surface area contributed by atoms with Crippen LogP contribution in [0.3, 0.4) is 0 Å². The first-order chi connectivity index (χ1) is 11.1. The van der Waals surface area contributed by atoms with Gasteiger partial charge in [-0.05, 0) is 54.3 Å². The van der Waals surface area contributed by atoms with E-state index in [-0.39, 0.29) is 0 Å². The van der Waals surface area contributed by atoms with Crippen LogP contribution in [-0.4, -0.2) is 22.6 Å². The van der Waals surface area contributed by atoms with Crippen molar-refractivity contribution in [3.05, 3.63) is 53.2 Å². The Labute approximate surface area is 144 Å². The lowest BCUT2D eigenvalue weighted by Gasteiger charge is -2.14. The second kappa shape index (κ2) is 7.13. The average molecular weight is 373 g/mol. The number of aromatic nitrogens is 2. The van der Waals surface area contributed by atoms with Gasteiger partial charge in [0.2, 0.25) is 0 Å². The molecule has 119 valence electrons. The van der Waals surface area contributed by atoms with Crippen molar-refractivity contribution in [2.24, 2.45) is 0 Å². The molecule has 1 aromatic heterocycles. The first-order valence-electron chi connectivity index (χ1n) is 7.66. The highest BCUT2D eigenvalue weighted by atomic mass is 79.9. The van der Waals surface area contributed by atoms with Gasteiger partial charge in [0.15, 0.2) is 0 Å². The van der Waals surface area contributed by atoms with Gasteiger partial charge in [0, 0.05) is 17.5 Å². The smallest absolute Gasteiger partial charge is 0.137 e. The van der Waals surface area contributed by atoms with Gasteiger partial charge >= 0.3 is 0 Å². The molecule has 1 aromatic carbocycles. The molecular formula is C18H19BrN3O. The van der Waals surface area contributed by atoms with Gasteiger partial charge in [-0.2, -0.15) is 0 Å². The van der Waals surface area contributed by atoms with Crippen LogP contribution in [-0.2, 0) is 0 Å². The van der Waals surface area contributed by atoms with E-state index in [0.29, 0.717) is 12.6 Å². The summed E-state index contributed by atoms with van der Waals surface area (Å²) in [5.41, 5.74) is 2.02. The van der Waals surface area contributed by atoms with E-state index >= 15 is 0 Å². The van der Waals surface area contributed by atoms with Crippen LogP contribution in [0.4, 0.5) is 5.82 Å². The summed E-state index contributed by atoms with van der Waals surface area (Å²) in [5, 5.41) is 4.32. The van der Waals surface area contributed by atoms with Gasteiger partial charge in [-0.15, -0.1) is 0 Å². The third kappa shape index (κ3) is 3.91. The molecule has 0 saturated heterocycles. The first kappa shape index (κ1) is 16.0. The molecule has 1 aliphatic rings. The van der Waals surface area contributed by atoms with Gasteiger partial charge in [-0.25, -0.2) is 9.97 Å². The number of nitrogens with one attached hydrogen (secondary N) is 1. The highest BCUT2D eigenvalue weighted by Gasteiger charge is 2.10. The number of anilines is 1. The standard InChI is InChI=1S/C18H19BrN3O/c1-12(2)22-18-14-8-15(19)17(9-16(14)20-11-21-18)23-10-13-6-4-3-5-7-13/h4-9,11-12H,3,10H2,1-2H3,(H,20,21,22). The van der Waals surface area contributed by atoms with Crippen molar-refractivity contribution in [2.75, 3.05) is 11.9 Å². The van der Waals surface area contributed by atoms with E-state index in [1.54, 1.807) is 6.33 Å². The molecule has 1 N–H and O–H groups in total. The van der Waals surface area contributed by atoms with E-state index in [1.807, 2.05) is 12.1 Å². The van der Waals surface area contributed by atoms with Crippen LogP contribution in [0.2, 0.25) is 0 Å². The predicted octanol–water partition coefficient (Wildman–Crippen LogP) is 4.68. The van der Waals surface area contributed by atoms with Crippen LogP contribution < -0.4 is 10.1 Å². The largest absolute Gasteiger partial charge is 0.488 e. The molecule has 5 heteroatoms. The fourth-order valence-corrected chi connectivity index (χ4v) is 2.84. The molecule has 1 radical (unpaired) electrons. The zero-order chi connectivity index (χ0) is 16.2. The number of rotatable bonds is 5. The lowest BCUT2D eigenvalue weighted by molar-refractivity contribution is 0.353. The van der Waals surface area contributed by atoms with Crippen LogP contribution in [0.1, 0.15) is 20.3 Å². The van der Waals surface area contributed by atoms with Crippen molar-refractivity contribution in [2.45, 2.75) is 26.3 Å². The van der Waals surface area contributed by atoms with Crippen molar-refractivity contribution >= 4 is 32.7 Å². The third-order valence-corrected chi connectivity index (χ3v) is 4.06. The van der Waals surface area contributed by atoms with Crippen molar-refractivity contribution in [1.29, 1.82) is 0 Å². The molecule has 2 aromatic rings. The number of allylic oxidation sites excluding steroid dienone is 2. The summed E-state index contributed by atoms with van der Waals surface area (Å²) in [6.07, 6.45) is 11.0. The summed E-state index contributed by atoms with van der Waals surface area (Å²) in [7, 11) is 0. The highest BCUT2D eigenvalue weighted by Crippen LogP contribution is 2.32. The van der Waals surface area contributed by atoms with Crippen molar-refractivity contribution in [3.63, 3.8) is 0 Å². The molecule has 3 rings (SSSR count). The van der Waals surface area contributed by atoms with Gasteiger partial charge in [-0.1, -0.05) is 18.2 Å². The molecule has 0 amide bonds. The summed E-state index contributed by atoms with van der Waals surface area (Å²) in [4.78, 5) is 8.69. The Kier molecular flexibility index (Phi) is 4.96. The number of hydrogen-bond donors (Lipinski definition) is 1. The van der Waals surface area contributed by atoms with Crippen molar-refractivity contribution in [3.8, 4) is 5.75 Å². The van der Waals surface area contributed by atoms with Crippen LogP contribution in [0.15, 0.2) is 46.7 Å². The zero-order valence-corrected chi connectivity index (χ0v) is 14.8. The van der Waals surface area contributed by atoms with E-state index in [4.69, 9.17) is 4.74 Å². The normalized spacial score (nSPS) is 14.2. The quantitative estimate of drug-likeness (QED) is 0.827. The second-order valence-electron chi connectivity index (χ2n) is 5.73. The van der Waals surface area contributed by atoms with Gasteiger partial charge in [0.05, 0.1) is 9.99 Å². The van der Waals surface area contributed by atoms with E-state index in [0.717, 1.165) is 38.9 Å². The number of benzene rings is 1. The number of ether oxygens (including phenoxy) is 1. The maximum Gasteiger partial charge on any atom is 0.137 e. The fourth-order valence-electron chi connectivity index (χ4n) is 2.39. The monoisotopic (exact) mass is 372 g/mol. The molecule has 0 unspecified atom stereocenters. The molecule has 1 aliphatic carbocycles. The Bertz CT molecular complexity index is 768. The van der Waals surface area contributed by atoms with E-state index in [9.17, 15) is 0 Å². The Hall–Kier alpha value is -1.88. The van der Waals surface area contributed by atoms with E-state index < -0.39 is 0 Å². The molecule has 1 heterocycles. The van der Waals surface area contributed by atoms with Gasteiger partial charge in [0.25, 0.3) is 0 Å². The van der Waals surface area contributed by atoms with Gasteiger partial charge in [-0.3, -0.25) is 0 Å². The molecule has 0 spiro atoms. The summed E-state index contributed by atoms with van der Waals surface area (Å²) < 4.78 is 6.84. The SMILES string of the molecule is CC(C)Nc1ncnc2cc(OCC3=C[CH]CC=C3)c(Br)cc12. The molecular weight excluding hydrogens is 354 g/mol. The Morgan fingerprint density at radius 1 is 1.30 bits per heavy atom. The predicted molar refractivity (Wildman–Crippen MR) is 97.6 cm³/mol. The van der Waals surface area contributed by atoms with Crippen molar-refractivity contribution in [1.82, 2.24) is 9.97 Å². The Balaban J connectivity index is 1.86. The molecule has 4 nitrogen and oxygen atoms in total. The third-order valence-electron chi connectivity index (χ3n) is 3.44. The minimum Gasteiger partial charge on any atom is -0.488 e. The van der Waals surface area contributed by atoms with Crippen LogP contribution in [0, 0.1) is 6.42 Å². The van der Waals surface area contributed by atoms with E-state index in [2.05, 4.69) is 69.7 Å². The summed E-state index contributed by atoms with van der Waals surface area (Å²) in [5.74, 6) is 1.62. The summed E-state index contributed by atoms with van der Waals surface area (Å²) in [6, 6.07) is 4.26. The second-order valence-corrected chi connectivity index (χ2v) is 6.58. The van der Waals surface area contributed by atoms with Crippen molar-refractivity contribution < 1.29 is 4.74 Å². The molecule has 0 saturated carbocycles. The first-order valence-corrected chi connectivity index (χ1v) is 8.45. The molecule has 23 heavy (non-hydrogen) atoms. The molecule has 0 fully saturated rings. The number of halogens is 1. The highest BCUT2D eigenvalue weighted by molar-refractivity contribution is 9.10. The number of nitrogens with zero attached hydrogens (tertiary/aromatic N) is 2. The van der Waals surface area contributed by atoms with Crippen LogP contribution in [0.5, 0.6) is 5.75 Å². The van der Waals surface area contributed by atoms with Crippen LogP contribution >= 0.6 is 15.9 Å². The maximum absolute atomic E-state index is 5.94. The number of fused-ring (bicyclic) bond motifs is 1. The summed E-state index contributed by atoms with van der Waals surface area (Å²) >= 11 is 3.59. The van der Waals surface area contributed by atoms with Crippen LogP contribution in [0.25, 0.3) is 10.9 Å². The lowest BCUT2D eigenvalue weighted by Crippen LogP contribution is -2.11. The average Bonchev–Trinajstić information content (AvgIpc) is 2.54. The molecule has 0 atom stereocenters.